The monoisotopic (exact) mass is 410 g/mol. The van der Waals surface area contributed by atoms with Crippen LogP contribution in [0.3, 0.4) is 0 Å². The lowest BCUT2D eigenvalue weighted by atomic mass is 9.89. The van der Waals surface area contributed by atoms with Gasteiger partial charge in [0.1, 0.15) is 5.75 Å². The number of hydrogen-bond donors (Lipinski definition) is 1. The van der Waals surface area contributed by atoms with E-state index in [4.69, 9.17) is 14.2 Å². The molecule has 0 aliphatic carbocycles. The molecule has 0 saturated heterocycles. The average molecular weight is 411 g/mol. The fourth-order valence-corrected chi connectivity index (χ4v) is 4.84. The molecule has 1 atom stereocenters. The summed E-state index contributed by atoms with van der Waals surface area (Å²) in [4.78, 5) is 13.9. The Morgan fingerprint density at radius 2 is 1.83 bits per heavy atom. The highest BCUT2D eigenvalue weighted by Crippen LogP contribution is 2.43. The smallest absolute Gasteiger partial charge is 0.217 e. The molecule has 160 valence electrons. The second-order valence-electron chi connectivity index (χ2n) is 7.99. The Kier molecular flexibility index (Phi) is 5.86. The van der Waals surface area contributed by atoms with Crippen LogP contribution < -0.4 is 19.5 Å². The van der Waals surface area contributed by atoms with Crippen molar-refractivity contribution in [3.05, 3.63) is 52.1 Å². The van der Waals surface area contributed by atoms with Crippen molar-refractivity contribution in [3.8, 4) is 17.2 Å². The molecule has 2 aromatic rings. The van der Waals surface area contributed by atoms with Gasteiger partial charge < -0.3 is 19.5 Å². The van der Waals surface area contributed by atoms with Crippen molar-refractivity contribution in [3.63, 3.8) is 0 Å². The zero-order valence-corrected chi connectivity index (χ0v) is 18.2. The number of amides is 1. The molecule has 1 amide bonds. The maximum atomic E-state index is 11.4. The SMILES string of the molecule is COc1cc2c(cc1OC)[C@@H]1CCc3ccc(CNC(C)=O)c(OC)c3CN1CC2. The minimum atomic E-state index is -0.0379. The average Bonchev–Trinajstić information content (AvgIpc) is 2.95. The molecule has 4 rings (SSSR count). The van der Waals surface area contributed by atoms with Crippen LogP contribution in [-0.4, -0.2) is 38.7 Å². The maximum Gasteiger partial charge on any atom is 0.217 e. The van der Waals surface area contributed by atoms with E-state index in [-0.39, 0.29) is 5.91 Å². The van der Waals surface area contributed by atoms with E-state index < -0.39 is 0 Å². The van der Waals surface area contributed by atoms with Crippen molar-refractivity contribution < 1.29 is 19.0 Å². The number of fused-ring (bicyclic) bond motifs is 4. The van der Waals surface area contributed by atoms with E-state index in [0.29, 0.717) is 12.6 Å². The molecule has 6 heteroatoms. The lowest BCUT2D eigenvalue weighted by Gasteiger charge is -2.36. The Balaban J connectivity index is 1.68. The quantitative estimate of drug-likeness (QED) is 0.819. The second-order valence-corrected chi connectivity index (χ2v) is 7.99. The summed E-state index contributed by atoms with van der Waals surface area (Å²) in [5, 5.41) is 2.89. The molecular formula is C24H30N2O4. The third-order valence-corrected chi connectivity index (χ3v) is 6.33. The number of nitrogens with one attached hydrogen (secondary N) is 1. The molecular weight excluding hydrogens is 380 g/mol. The fourth-order valence-electron chi connectivity index (χ4n) is 4.84. The summed E-state index contributed by atoms with van der Waals surface area (Å²) in [5.41, 5.74) is 6.28. The van der Waals surface area contributed by atoms with E-state index >= 15 is 0 Å². The summed E-state index contributed by atoms with van der Waals surface area (Å²) in [6.45, 7) is 3.85. The van der Waals surface area contributed by atoms with Crippen molar-refractivity contribution in [1.29, 1.82) is 0 Å². The number of ether oxygens (including phenoxy) is 3. The van der Waals surface area contributed by atoms with Crippen LogP contribution >= 0.6 is 0 Å². The van der Waals surface area contributed by atoms with Crippen LogP contribution in [-0.2, 0) is 30.7 Å². The first-order chi connectivity index (χ1) is 14.5. The number of hydrogen-bond acceptors (Lipinski definition) is 5. The molecule has 0 radical (unpaired) electrons. The lowest BCUT2D eigenvalue weighted by molar-refractivity contribution is -0.119. The van der Waals surface area contributed by atoms with Crippen LogP contribution in [0.25, 0.3) is 0 Å². The number of nitrogens with zero attached hydrogens (tertiary/aromatic N) is 1. The predicted molar refractivity (Wildman–Crippen MR) is 115 cm³/mol. The molecule has 2 aromatic carbocycles. The fraction of sp³-hybridized carbons (Fsp3) is 0.458. The maximum absolute atomic E-state index is 11.4. The number of carbonyl (C=O) groups is 1. The predicted octanol–water partition coefficient (Wildman–Crippen LogP) is 3.39. The van der Waals surface area contributed by atoms with E-state index in [1.165, 1.54) is 29.2 Å². The van der Waals surface area contributed by atoms with E-state index in [1.807, 2.05) is 0 Å². The summed E-state index contributed by atoms with van der Waals surface area (Å²) in [7, 11) is 5.10. The zero-order valence-electron chi connectivity index (χ0n) is 18.2. The number of carbonyl (C=O) groups excluding carboxylic acids is 1. The van der Waals surface area contributed by atoms with Crippen LogP contribution in [0.2, 0.25) is 0 Å². The van der Waals surface area contributed by atoms with Gasteiger partial charge in [-0.25, -0.2) is 0 Å². The number of benzene rings is 2. The number of rotatable bonds is 5. The van der Waals surface area contributed by atoms with Crippen LogP contribution in [0.5, 0.6) is 17.2 Å². The highest BCUT2D eigenvalue weighted by atomic mass is 16.5. The molecule has 1 N–H and O–H groups in total. The molecule has 0 saturated carbocycles. The van der Waals surface area contributed by atoms with Crippen molar-refractivity contribution in [1.82, 2.24) is 10.2 Å². The van der Waals surface area contributed by atoms with Crippen molar-refractivity contribution in [2.24, 2.45) is 0 Å². The molecule has 2 aliphatic heterocycles. The molecule has 0 spiro atoms. The second kappa shape index (κ2) is 8.56. The summed E-state index contributed by atoms with van der Waals surface area (Å²) in [6.07, 6.45) is 3.01. The highest BCUT2D eigenvalue weighted by Gasteiger charge is 2.32. The van der Waals surface area contributed by atoms with Gasteiger partial charge in [0, 0.05) is 43.7 Å². The minimum absolute atomic E-state index is 0.0379. The van der Waals surface area contributed by atoms with Crippen molar-refractivity contribution in [2.45, 2.75) is 45.3 Å². The molecule has 0 fully saturated rings. The first-order valence-electron chi connectivity index (χ1n) is 10.5. The Hall–Kier alpha value is -2.73. The summed E-state index contributed by atoms with van der Waals surface area (Å²) in [5.74, 6) is 2.45. The molecule has 2 heterocycles. The third kappa shape index (κ3) is 3.72. The van der Waals surface area contributed by atoms with Gasteiger partial charge in [-0.1, -0.05) is 12.1 Å². The summed E-state index contributed by atoms with van der Waals surface area (Å²) < 4.78 is 16.9. The van der Waals surface area contributed by atoms with Gasteiger partial charge in [0.15, 0.2) is 11.5 Å². The van der Waals surface area contributed by atoms with Crippen LogP contribution in [0, 0.1) is 0 Å². The van der Waals surface area contributed by atoms with E-state index in [1.54, 1.807) is 21.3 Å². The van der Waals surface area contributed by atoms with Gasteiger partial charge in [-0.2, -0.15) is 0 Å². The summed E-state index contributed by atoms with van der Waals surface area (Å²) in [6, 6.07) is 8.91. The number of methoxy groups -OCH3 is 3. The minimum Gasteiger partial charge on any atom is -0.496 e. The normalized spacial score (nSPS) is 17.8. The third-order valence-electron chi connectivity index (χ3n) is 6.33. The Bertz CT molecular complexity index is 957. The van der Waals surface area contributed by atoms with Crippen LogP contribution in [0.1, 0.15) is 47.2 Å². The molecule has 0 bridgehead atoms. The Morgan fingerprint density at radius 1 is 1.07 bits per heavy atom. The summed E-state index contributed by atoms with van der Waals surface area (Å²) >= 11 is 0. The van der Waals surface area contributed by atoms with Gasteiger partial charge in [-0.3, -0.25) is 9.69 Å². The van der Waals surface area contributed by atoms with Gasteiger partial charge in [-0.15, -0.1) is 0 Å². The Morgan fingerprint density at radius 3 is 2.53 bits per heavy atom. The molecule has 0 unspecified atom stereocenters. The van der Waals surface area contributed by atoms with E-state index in [0.717, 1.165) is 55.2 Å². The Labute approximate surface area is 178 Å². The molecule has 0 aromatic heterocycles. The van der Waals surface area contributed by atoms with Gasteiger partial charge in [-0.05, 0) is 48.1 Å². The highest BCUT2D eigenvalue weighted by molar-refractivity contribution is 5.73. The van der Waals surface area contributed by atoms with Crippen molar-refractivity contribution >= 4 is 5.91 Å². The van der Waals surface area contributed by atoms with Crippen LogP contribution in [0.15, 0.2) is 24.3 Å². The topological polar surface area (TPSA) is 60.0 Å². The lowest BCUT2D eigenvalue weighted by Crippen LogP contribution is -2.34. The standard InChI is InChI=1S/C24H30N2O4/c1-15(27)25-13-18-6-5-16-7-8-21-19-12-23(29-3)22(28-2)11-17(19)9-10-26(21)14-20(16)24(18)30-4/h5-6,11-12,21H,7-10,13-14H2,1-4H3,(H,25,27)/t21-/m0/s1. The van der Waals surface area contributed by atoms with E-state index in [2.05, 4.69) is 34.5 Å². The largest absolute Gasteiger partial charge is 0.496 e. The van der Waals surface area contributed by atoms with Crippen LogP contribution in [0.4, 0.5) is 0 Å². The number of aryl methyl sites for hydroxylation is 1. The molecule has 30 heavy (non-hydrogen) atoms. The van der Waals surface area contributed by atoms with Gasteiger partial charge in [0.2, 0.25) is 5.91 Å². The zero-order chi connectivity index (χ0) is 21.3. The first kappa shape index (κ1) is 20.5. The van der Waals surface area contributed by atoms with Crippen molar-refractivity contribution in [2.75, 3.05) is 27.9 Å². The molecule has 6 nitrogen and oxygen atoms in total. The van der Waals surface area contributed by atoms with Gasteiger partial charge in [0.05, 0.1) is 21.3 Å². The van der Waals surface area contributed by atoms with Gasteiger partial charge in [0.25, 0.3) is 0 Å². The first-order valence-corrected chi connectivity index (χ1v) is 10.5. The van der Waals surface area contributed by atoms with Gasteiger partial charge >= 0.3 is 0 Å². The van der Waals surface area contributed by atoms with E-state index in [9.17, 15) is 4.79 Å². The molecule has 2 aliphatic rings.